The summed E-state index contributed by atoms with van der Waals surface area (Å²) in [6, 6.07) is 10.3. The molecule has 0 radical (unpaired) electrons. The van der Waals surface area contributed by atoms with Gasteiger partial charge in [-0.25, -0.2) is 9.97 Å². The van der Waals surface area contributed by atoms with Gasteiger partial charge in [-0.3, -0.25) is 4.79 Å². The summed E-state index contributed by atoms with van der Waals surface area (Å²) in [6.07, 6.45) is 4.81. The molecule has 0 N–H and O–H groups in total. The van der Waals surface area contributed by atoms with Crippen LogP contribution in [0.1, 0.15) is 42.0 Å². The number of hydrogen-bond acceptors (Lipinski definition) is 4. The fourth-order valence-corrected chi connectivity index (χ4v) is 4.78. The molecule has 0 bridgehead atoms. The molecule has 2 aliphatic rings. The molecular weight excluding hydrogens is 336 g/mol. The number of rotatable bonds is 2. The summed E-state index contributed by atoms with van der Waals surface area (Å²) in [5.74, 6) is 1.31. The maximum Gasteiger partial charge on any atom is 0.229 e. The SMILES string of the molecule is Cc1ncnc(N2CCC3(CC2)C[C@@H](c2ccccc2)C(=O)N(C)C3)c1C. The molecule has 1 aromatic carbocycles. The first-order valence-corrected chi connectivity index (χ1v) is 9.82. The largest absolute Gasteiger partial charge is 0.356 e. The van der Waals surface area contributed by atoms with Gasteiger partial charge >= 0.3 is 0 Å². The van der Waals surface area contributed by atoms with Crippen molar-refractivity contribution >= 4 is 11.7 Å². The molecule has 142 valence electrons. The summed E-state index contributed by atoms with van der Waals surface area (Å²) in [7, 11) is 1.96. The molecule has 1 atom stereocenters. The topological polar surface area (TPSA) is 49.3 Å². The monoisotopic (exact) mass is 364 g/mol. The first-order valence-electron chi connectivity index (χ1n) is 9.82. The third-order valence-corrected chi connectivity index (χ3v) is 6.52. The van der Waals surface area contributed by atoms with Crippen LogP contribution in [0.3, 0.4) is 0 Å². The number of aromatic nitrogens is 2. The van der Waals surface area contributed by atoms with Crippen molar-refractivity contribution in [2.75, 3.05) is 31.6 Å². The van der Waals surface area contributed by atoms with Gasteiger partial charge in [0.05, 0.1) is 5.92 Å². The predicted molar refractivity (Wildman–Crippen MR) is 107 cm³/mol. The number of anilines is 1. The molecule has 2 saturated heterocycles. The van der Waals surface area contributed by atoms with Crippen molar-refractivity contribution in [2.24, 2.45) is 5.41 Å². The van der Waals surface area contributed by atoms with Crippen LogP contribution in [0.2, 0.25) is 0 Å². The molecule has 27 heavy (non-hydrogen) atoms. The molecule has 1 aromatic heterocycles. The number of likely N-dealkylation sites (tertiary alicyclic amines) is 1. The number of aryl methyl sites for hydroxylation is 1. The molecule has 5 heteroatoms. The number of carbonyl (C=O) groups is 1. The Labute approximate surface area is 161 Å². The second kappa shape index (κ2) is 6.95. The van der Waals surface area contributed by atoms with E-state index in [9.17, 15) is 4.79 Å². The van der Waals surface area contributed by atoms with Crippen LogP contribution in [0.15, 0.2) is 36.7 Å². The summed E-state index contributed by atoms with van der Waals surface area (Å²) in [6.45, 7) is 6.98. The molecule has 2 fully saturated rings. The van der Waals surface area contributed by atoms with Crippen molar-refractivity contribution in [1.82, 2.24) is 14.9 Å². The van der Waals surface area contributed by atoms with Gasteiger partial charge in [-0.05, 0) is 44.1 Å². The van der Waals surface area contributed by atoms with Crippen molar-refractivity contribution in [3.8, 4) is 0 Å². The van der Waals surface area contributed by atoms with E-state index in [1.807, 2.05) is 37.1 Å². The van der Waals surface area contributed by atoms with Gasteiger partial charge in [0, 0.05) is 37.9 Å². The molecule has 2 aromatic rings. The van der Waals surface area contributed by atoms with Gasteiger partial charge in [0.25, 0.3) is 0 Å². The van der Waals surface area contributed by atoms with Crippen LogP contribution in [0.5, 0.6) is 0 Å². The maximum absolute atomic E-state index is 12.8. The molecule has 0 saturated carbocycles. The number of carbonyl (C=O) groups excluding carboxylic acids is 1. The molecule has 4 rings (SSSR count). The van der Waals surface area contributed by atoms with Crippen molar-refractivity contribution in [3.63, 3.8) is 0 Å². The second-order valence-electron chi connectivity index (χ2n) is 8.26. The third kappa shape index (κ3) is 3.31. The standard InChI is InChI=1S/C22H28N4O/c1-16-17(2)23-15-24-20(16)26-11-9-22(10-12-26)13-19(21(27)25(3)14-22)18-7-5-4-6-8-18/h4-8,15,19H,9-14H2,1-3H3/t19-/m0/s1. The summed E-state index contributed by atoms with van der Waals surface area (Å²) < 4.78 is 0. The lowest BCUT2D eigenvalue weighted by atomic mass is 9.67. The lowest BCUT2D eigenvalue weighted by Crippen LogP contribution is -2.53. The van der Waals surface area contributed by atoms with E-state index in [1.54, 1.807) is 6.33 Å². The molecule has 0 aliphatic carbocycles. The Hall–Kier alpha value is -2.43. The molecule has 5 nitrogen and oxygen atoms in total. The average molecular weight is 364 g/mol. The minimum absolute atomic E-state index is 0.0143. The molecular formula is C22H28N4O. The molecule has 1 amide bonds. The first kappa shape index (κ1) is 18.0. The van der Waals surface area contributed by atoms with Gasteiger partial charge < -0.3 is 9.80 Å². The van der Waals surface area contributed by atoms with Crippen molar-refractivity contribution in [3.05, 3.63) is 53.5 Å². The number of likely N-dealkylation sites (N-methyl/N-ethyl adjacent to an activating group) is 1. The van der Waals surface area contributed by atoms with Crippen LogP contribution >= 0.6 is 0 Å². The lowest BCUT2D eigenvalue weighted by Gasteiger charge is -2.49. The van der Waals surface area contributed by atoms with Crippen molar-refractivity contribution in [1.29, 1.82) is 0 Å². The van der Waals surface area contributed by atoms with E-state index in [-0.39, 0.29) is 17.2 Å². The Bertz CT molecular complexity index is 827. The smallest absolute Gasteiger partial charge is 0.229 e. The quantitative estimate of drug-likeness (QED) is 0.820. The summed E-state index contributed by atoms with van der Waals surface area (Å²) in [5, 5.41) is 0. The highest BCUT2D eigenvalue weighted by atomic mass is 16.2. The van der Waals surface area contributed by atoms with Crippen LogP contribution in [-0.4, -0.2) is 47.5 Å². The Morgan fingerprint density at radius 3 is 2.48 bits per heavy atom. The van der Waals surface area contributed by atoms with E-state index in [2.05, 4.69) is 33.9 Å². The molecule has 1 spiro atoms. The van der Waals surface area contributed by atoms with E-state index in [0.29, 0.717) is 0 Å². The van der Waals surface area contributed by atoms with E-state index in [0.717, 1.165) is 56.0 Å². The van der Waals surface area contributed by atoms with Crippen molar-refractivity contribution in [2.45, 2.75) is 39.0 Å². The van der Waals surface area contributed by atoms with E-state index >= 15 is 0 Å². The zero-order valence-corrected chi connectivity index (χ0v) is 16.5. The molecule has 3 heterocycles. The van der Waals surface area contributed by atoms with Crippen LogP contribution in [0, 0.1) is 19.3 Å². The van der Waals surface area contributed by atoms with Gasteiger partial charge in [-0.1, -0.05) is 30.3 Å². The Balaban J connectivity index is 1.53. The Morgan fingerprint density at radius 2 is 1.78 bits per heavy atom. The highest BCUT2D eigenvalue weighted by Crippen LogP contribution is 2.45. The number of piperidine rings is 2. The first-order chi connectivity index (χ1) is 13.0. The van der Waals surface area contributed by atoms with E-state index in [1.165, 1.54) is 5.56 Å². The van der Waals surface area contributed by atoms with Gasteiger partial charge in [0.2, 0.25) is 5.91 Å². The zero-order valence-electron chi connectivity index (χ0n) is 16.5. The molecule has 0 unspecified atom stereocenters. The van der Waals surface area contributed by atoms with Crippen LogP contribution in [0.4, 0.5) is 5.82 Å². The van der Waals surface area contributed by atoms with Gasteiger partial charge in [-0.15, -0.1) is 0 Å². The summed E-state index contributed by atoms with van der Waals surface area (Å²) in [5.41, 5.74) is 3.58. The fraction of sp³-hybridized carbons (Fsp3) is 0.500. The average Bonchev–Trinajstić information content (AvgIpc) is 2.69. The van der Waals surface area contributed by atoms with Crippen LogP contribution in [-0.2, 0) is 4.79 Å². The van der Waals surface area contributed by atoms with E-state index < -0.39 is 0 Å². The minimum atomic E-state index is -0.0143. The number of nitrogens with zero attached hydrogens (tertiary/aromatic N) is 4. The van der Waals surface area contributed by atoms with Gasteiger partial charge in [0.1, 0.15) is 12.1 Å². The van der Waals surface area contributed by atoms with E-state index in [4.69, 9.17) is 0 Å². The van der Waals surface area contributed by atoms with Crippen LogP contribution < -0.4 is 4.90 Å². The van der Waals surface area contributed by atoms with Gasteiger partial charge in [-0.2, -0.15) is 0 Å². The normalized spacial score (nSPS) is 22.3. The highest BCUT2D eigenvalue weighted by Gasteiger charge is 2.45. The third-order valence-electron chi connectivity index (χ3n) is 6.52. The van der Waals surface area contributed by atoms with Gasteiger partial charge in [0.15, 0.2) is 0 Å². The zero-order chi connectivity index (χ0) is 19.0. The number of hydrogen-bond donors (Lipinski definition) is 0. The predicted octanol–water partition coefficient (Wildman–Crippen LogP) is 3.33. The summed E-state index contributed by atoms with van der Waals surface area (Å²) in [4.78, 5) is 26.0. The van der Waals surface area contributed by atoms with Crippen LogP contribution in [0.25, 0.3) is 0 Å². The minimum Gasteiger partial charge on any atom is -0.356 e. The lowest BCUT2D eigenvalue weighted by molar-refractivity contribution is -0.138. The molecule has 2 aliphatic heterocycles. The Morgan fingerprint density at radius 1 is 1.07 bits per heavy atom. The summed E-state index contributed by atoms with van der Waals surface area (Å²) >= 11 is 0. The van der Waals surface area contributed by atoms with Crippen molar-refractivity contribution < 1.29 is 4.79 Å². The Kier molecular flexibility index (Phi) is 4.62. The fourth-order valence-electron chi connectivity index (χ4n) is 4.78. The maximum atomic E-state index is 12.8. The number of amides is 1. The second-order valence-corrected chi connectivity index (χ2v) is 8.26. The highest BCUT2D eigenvalue weighted by molar-refractivity contribution is 5.84. The number of benzene rings is 1.